The van der Waals surface area contributed by atoms with Crippen LogP contribution in [0.25, 0.3) is 0 Å². The summed E-state index contributed by atoms with van der Waals surface area (Å²) in [4.78, 5) is 15.8. The van der Waals surface area contributed by atoms with Gasteiger partial charge in [0.1, 0.15) is 0 Å². The van der Waals surface area contributed by atoms with E-state index in [2.05, 4.69) is 13.1 Å². The van der Waals surface area contributed by atoms with Crippen molar-refractivity contribution in [1.29, 1.82) is 5.26 Å². The summed E-state index contributed by atoms with van der Waals surface area (Å²) < 4.78 is 0. The van der Waals surface area contributed by atoms with Crippen LogP contribution in [0.2, 0.25) is 0 Å². The van der Waals surface area contributed by atoms with Gasteiger partial charge in [0.05, 0.1) is 31.8 Å². The van der Waals surface area contributed by atoms with Crippen molar-refractivity contribution in [2.24, 2.45) is 0 Å². The molecule has 0 saturated carbocycles. The van der Waals surface area contributed by atoms with Gasteiger partial charge in [0.2, 0.25) is 0 Å². The van der Waals surface area contributed by atoms with Crippen LogP contribution in [0.15, 0.2) is 24.3 Å². The second-order valence-electron chi connectivity index (χ2n) is 5.29. The van der Waals surface area contributed by atoms with Crippen molar-refractivity contribution in [3.05, 3.63) is 35.4 Å². The van der Waals surface area contributed by atoms with Gasteiger partial charge in [0.25, 0.3) is 5.91 Å². The fourth-order valence-corrected chi connectivity index (χ4v) is 2.54. The smallest absolute Gasteiger partial charge is 0.253 e. The van der Waals surface area contributed by atoms with Gasteiger partial charge >= 0.3 is 0 Å². The molecule has 0 atom stereocenters. The molecule has 0 aromatic heterocycles. The van der Waals surface area contributed by atoms with Crippen molar-refractivity contribution in [1.82, 2.24) is 4.90 Å². The van der Waals surface area contributed by atoms with E-state index in [1.807, 2.05) is 11.9 Å². The zero-order valence-corrected chi connectivity index (χ0v) is 11.5. The van der Waals surface area contributed by atoms with Crippen LogP contribution in [0.1, 0.15) is 28.8 Å². The zero-order chi connectivity index (χ0) is 13.8. The quantitative estimate of drug-likeness (QED) is 0.830. The van der Waals surface area contributed by atoms with Crippen molar-refractivity contribution < 1.29 is 9.69 Å². The lowest BCUT2D eigenvalue weighted by Crippen LogP contribution is -3.10. The Morgan fingerprint density at radius 2 is 1.89 bits per heavy atom. The highest BCUT2D eigenvalue weighted by Gasteiger charge is 2.26. The maximum atomic E-state index is 12.4. The number of carbonyl (C=O) groups excluding carboxylic acids is 1. The van der Waals surface area contributed by atoms with Gasteiger partial charge in [-0.05, 0) is 24.3 Å². The number of likely N-dealkylation sites (tertiary alicyclic amines) is 1. The highest BCUT2D eigenvalue weighted by atomic mass is 16.2. The second-order valence-corrected chi connectivity index (χ2v) is 5.29. The molecule has 4 heteroatoms. The first kappa shape index (κ1) is 13.6. The summed E-state index contributed by atoms with van der Waals surface area (Å²) in [5.41, 5.74) is 1.25. The number of hydrogen-bond donors (Lipinski definition) is 1. The van der Waals surface area contributed by atoms with Crippen LogP contribution < -0.4 is 4.90 Å². The van der Waals surface area contributed by atoms with E-state index in [9.17, 15) is 4.79 Å². The van der Waals surface area contributed by atoms with Crippen molar-refractivity contribution >= 4 is 5.91 Å². The van der Waals surface area contributed by atoms with Crippen LogP contribution in [-0.2, 0) is 0 Å². The van der Waals surface area contributed by atoms with Gasteiger partial charge in [-0.25, -0.2) is 0 Å². The SMILES string of the molecule is CN(C(=O)c1ccc(C#N)cc1)C1CC[NH+](C)CC1. The normalized spacial score (nSPS) is 22.6. The van der Waals surface area contributed by atoms with E-state index in [1.165, 1.54) is 4.90 Å². The number of nitrogens with zero attached hydrogens (tertiary/aromatic N) is 2. The lowest BCUT2D eigenvalue weighted by molar-refractivity contribution is -0.885. The molecule has 1 N–H and O–H groups in total. The third-order valence-electron chi connectivity index (χ3n) is 3.94. The Balaban J connectivity index is 2.04. The Bertz CT molecular complexity index is 481. The van der Waals surface area contributed by atoms with Gasteiger partial charge in [-0.1, -0.05) is 0 Å². The Kier molecular flexibility index (Phi) is 4.18. The first-order valence-electron chi connectivity index (χ1n) is 6.70. The third kappa shape index (κ3) is 3.12. The van der Waals surface area contributed by atoms with Crippen LogP contribution in [-0.4, -0.2) is 44.0 Å². The average Bonchev–Trinajstić information content (AvgIpc) is 2.46. The summed E-state index contributed by atoms with van der Waals surface area (Å²) in [7, 11) is 4.07. The van der Waals surface area contributed by atoms with Gasteiger partial charge in [0, 0.05) is 31.5 Å². The number of nitriles is 1. The fraction of sp³-hybridized carbons (Fsp3) is 0.467. The molecule has 0 unspecified atom stereocenters. The summed E-state index contributed by atoms with van der Waals surface area (Å²) in [6.07, 6.45) is 2.12. The summed E-state index contributed by atoms with van der Waals surface area (Å²) in [6, 6.07) is 9.26. The predicted molar refractivity (Wildman–Crippen MR) is 72.9 cm³/mol. The van der Waals surface area contributed by atoms with Crippen LogP contribution >= 0.6 is 0 Å². The number of rotatable bonds is 2. The van der Waals surface area contributed by atoms with E-state index in [0.29, 0.717) is 17.2 Å². The molecule has 1 aromatic carbocycles. The molecule has 100 valence electrons. The Hall–Kier alpha value is -1.86. The highest BCUT2D eigenvalue weighted by molar-refractivity contribution is 5.94. The lowest BCUT2D eigenvalue weighted by Gasteiger charge is -2.33. The van der Waals surface area contributed by atoms with Gasteiger partial charge in [0.15, 0.2) is 0 Å². The van der Waals surface area contributed by atoms with Gasteiger partial charge in [-0.3, -0.25) is 4.79 Å². The van der Waals surface area contributed by atoms with Crippen molar-refractivity contribution in [2.45, 2.75) is 18.9 Å². The number of nitrogens with one attached hydrogen (secondary N) is 1. The van der Waals surface area contributed by atoms with Crippen molar-refractivity contribution in [3.63, 3.8) is 0 Å². The minimum Gasteiger partial charge on any atom is -0.338 e. The van der Waals surface area contributed by atoms with E-state index < -0.39 is 0 Å². The highest BCUT2D eigenvalue weighted by Crippen LogP contribution is 2.13. The molecule has 2 rings (SSSR count). The standard InChI is InChI=1S/C15H19N3O/c1-17-9-7-14(8-10-17)18(2)15(19)13-5-3-12(11-16)4-6-13/h3-6,14H,7-10H2,1-2H3/p+1. The first-order valence-corrected chi connectivity index (χ1v) is 6.70. The molecule has 1 aliphatic heterocycles. The Labute approximate surface area is 114 Å². The largest absolute Gasteiger partial charge is 0.338 e. The minimum atomic E-state index is 0.0500. The van der Waals surface area contributed by atoms with E-state index in [4.69, 9.17) is 5.26 Å². The van der Waals surface area contributed by atoms with Crippen LogP contribution in [0.5, 0.6) is 0 Å². The molecule has 19 heavy (non-hydrogen) atoms. The van der Waals surface area contributed by atoms with E-state index in [0.717, 1.165) is 25.9 Å². The predicted octanol–water partition coefficient (Wildman–Crippen LogP) is 0.307. The van der Waals surface area contributed by atoms with Gasteiger partial charge < -0.3 is 9.80 Å². The maximum Gasteiger partial charge on any atom is 0.253 e. The Morgan fingerprint density at radius 3 is 2.42 bits per heavy atom. The molecule has 1 amide bonds. The van der Waals surface area contributed by atoms with Gasteiger partial charge in [-0.2, -0.15) is 5.26 Å². The van der Waals surface area contributed by atoms with Crippen molar-refractivity contribution in [3.8, 4) is 6.07 Å². The number of benzene rings is 1. The molecule has 1 aliphatic rings. The fourth-order valence-electron chi connectivity index (χ4n) is 2.54. The zero-order valence-electron chi connectivity index (χ0n) is 11.5. The molecule has 0 aliphatic carbocycles. The monoisotopic (exact) mass is 258 g/mol. The summed E-state index contributed by atoms with van der Waals surface area (Å²) >= 11 is 0. The van der Waals surface area contributed by atoms with E-state index >= 15 is 0 Å². The molecule has 1 saturated heterocycles. The lowest BCUT2D eigenvalue weighted by atomic mass is 10.0. The van der Waals surface area contributed by atoms with Crippen LogP contribution in [0, 0.1) is 11.3 Å². The number of amides is 1. The molecular formula is C15H20N3O+. The molecular weight excluding hydrogens is 238 g/mol. The summed E-state index contributed by atoms with van der Waals surface area (Å²) in [6.45, 7) is 2.24. The second kappa shape index (κ2) is 5.85. The maximum absolute atomic E-state index is 12.4. The Morgan fingerprint density at radius 1 is 1.32 bits per heavy atom. The average molecular weight is 258 g/mol. The first-order chi connectivity index (χ1) is 9.11. The van der Waals surface area contributed by atoms with Crippen LogP contribution in [0.3, 0.4) is 0 Å². The minimum absolute atomic E-state index is 0.0500. The van der Waals surface area contributed by atoms with Gasteiger partial charge in [-0.15, -0.1) is 0 Å². The molecule has 4 nitrogen and oxygen atoms in total. The molecule has 1 heterocycles. The van der Waals surface area contributed by atoms with Crippen molar-refractivity contribution in [2.75, 3.05) is 27.2 Å². The molecule has 0 spiro atoms. The number of piperidine rings is 1. The van der Waals surface area contributed by atoms with E-state index in [-0.39, 0.29) is 5.91 Å². The number of carbonyl (C=O) groups is 1. The van der Waals surface area contributed by atoms with Crippen LogP contribution in [0.4, 0.5) is 0 Å². The summed E-state index contributed by atoms with van der Waals surface area (Å²) in [5, 5.41) is 8.76. The topological polar surface area (TPSA) is 48.5 Å². The number of hydrogen-bond acceptors (Lipinski definition) is 2. The van der Waals surface area contributed by atoms with E-state index in [1.54, 1.807) is 24.3 Å². The molecule has 1 aromatic rings. The summed E-state index contributed by atoms with van der Waals surface area (Å²) in [5.74, 6) is 0.0500. The molecule has 1 fully saturated rings. The molecule has 0 radical (unpaired) electrons. The molecule has 0 bridgehead atoms. The number of quaternary nitrogens is 1. The third-order valence-corrected chi connectivity index (χ3v) is 3.94.